The molecule has 0 fully saturated rings. The molecule has 3 aromatic carbocycles. The van der Waals surface area contributed by atoms with E-state index in [2.05, 4.69) is 11.5 Å². The fourth-order valence-corrected chi connectivity index (χ4v) is 3.60. The van der Waals surface area contributed by atoms with Crippen molar-refractivity contribution in [3.8, 4) is 0 Å². The molecular formula is C25H22N2O3. The van der Waals surface area contributed by atoms with Crippen LogP contribution in [0.4, 0.5) is 0 Å². The highest BCUT2D eigenvalue weighted by Crippen LogP contribution is 2.22. The van der Waals surface area contributed by atoms with Crippen molar-refractivity contribution in [3.05, 3.63) is 101 Å². The van der Waals surface area contributed by atoms with Crippen molar-refractivity contribution in [1.82, 2.24) is 9.55 Å². The van der Waals surface area contributed by atoms with Crippen molar-refractivity contribution >= 4 is 22.8 Å². The van der Waals surface area contributed by atoms with Gasteiger partial charge in [0.05, 0.1) is 16.6 Å². The average molecular weight is 398 g/mol. The van der Waals surface area contributed by atoms with Crippen molar-refractivity contribution < 1.29 is 14.7 Å². The fraction of sp³-hybridized carbons (Fsp3) is 0.160. The van der Waals surface area contributed by atoms with E-state index >= 15 is 0 Å². The lowest BCUT2D eigenvalue weighted by molar-refractivity contribution is 0.0696. The number of benzene rings is 3. The van der Waals surface area contributed by atoms with E-state index in [0.717, 1.165) is 35.3 Å². The minimum Gasteiger partial charge on any atom is -0.478 e. The monoisotopic (exact) mass is 398 g/mol. The second-order valence-corrected chi connectivity index (χ2v) is 7.26. The number of aryl methyl sites for hydroxylation is 1. The molecule has 4 rings (SSSR count). The SMILES string of the molecule is CCCc1nc2ccc(C(=O)c3ccccc3)cc2n1Cc1ccc(C(=O)O)cc1. The number of aromatic carboxylic acids is 1. The molecule has 0 unspecified atom stereocenters. The highest BCUT2D eigenvalue weighted by atomic mass is 16.4. The Balaban J connectivity index is 1.75. The maximum Gasteiger partial charge on any atom is 0.335 e. The highest BCUT2D eigenvalue weighted by Gasteiger charge is 2.15. The summed E-state index contributed by atoms with van der Waals surface area (Å²) >= 11 is 0. The molecule has 1 aromatic heterocycles. The number of hydrogen-bond acceptors (Lipinski definition) is 3. The first-order chi connectivity index (χ1) is 14.6. The second-order valence-electron chi connectivity index (χ2n) is 7.26. The number of carbonyl (C=O) groups excluding carboxylic acids is 1. The Kier molecular flexibility index (Phi) is 5.44. The number of rotatable bonds is 7. The molecule has 0 saturated carbocycles. The second kappa shape index (κ2) is 8.33. The Morgan fingerprint density at radius 3 is 2.27 bits per heavy atom. The van der Waals surface area contributed by atoms with Gasteiger partial charge in [0.25, 0.3) is 0 Å². The largest absolute Gasteiger partial charge is 0.478 e. The molecule has 30 heavy (non-hydrogen) atoms. The number of nitrogens with zero attached hydrogens (tertiary/aromatic N) is 2. The quantitative estimate of drug-likeness (QED) is 0.446. The van der Waals surface area contributed by atoms with Crippen LogP contribution in [0.25, 0.3) is 11.0 Å². The van der Waals surface area contributed by atoms with Gasteiger partial charge in [0.2, 0.25) is 0 Å². The summed E-state index contributed by atoms with van der Waals surface area (Å²) in [4.78, 5) is 28.8. The van der Waals surface area contributed by atoms with Gasteiger partial charge in [-0.25, -0.2) is 9.78 Å². The van der Waals surface area contributed by atoms with Crippen LogP contribution >= 0.6 is 0 Å². The van der Waals surface area contributed by atoms with Gasteiger partial charge >= 0.3 is 5.97 Å². The van der Waals surface area contributed by atoms with Crippen LogP contribution in [-0.2, 0) is 13.0 Å². The molecule has 0 saturated heterocycles. The Morgan fingerprint density at radius 2 is 1.60 bits per heavy atom. The van der Waals surface area contributed by atoms with Crippen molar-refractivity contribution in [2.24, 2.45) is 0 Å². The van der Waals surface area contributed by atoms with Gasteiger partial charge in [-0.1, -0.05) is 49.4 Å². The van der Waals surface area contributed by atoms with Crippen molar-refractivity contribution in [2.75, 3.05) is 0 Å². The number of carboxylic acid groups (broad SMARTS) is 1. The van der Waals surface area contributed by atoms with Gasteiger partial charge in [0.15, 0.2) is 5.78 Å². The van der Waals surface area contributed by atoms with Gasteiger partial charge in [-0.05, 0) is 42.3 Å². The minimum atomic E-state index is -0.939. The zero-order chi connectivity index (χ0) is 21.1. The third kappa shape index (κ3) is 3.87. The zero-order valence-corrected chi connectivity index (χ0v) is 16.7. The molecule has 0 spiro atoms. The third-order valence-electron chi connectivity index (χ3n) is 5.14. The first-order valence-corrected chi connectivity index (χ1v) is 9.98. The maximum atomic E-state index is 12.9. The summed E-state index contributed by atoms with van der Waals surface area (Å²) in [6.45, 7) is 2.67. The molecule has 0 amide bonds. The normalized spacial score (nSPS) is 11.0. The Hall–Kier alpha value is -3.73. The summed E-state index contributed by atoms with van der Waals surface area (Å²) in [5.74, 6) is -0.00223. The molecule has 150 valence electrons. The average Bonchev–Trinajstić information content (AvgIpc) is 3.11. The van der Waals surface area contributed by atoms with E-state index < -0.39 is 5.97 Å². The molecule has 5 heteroatoms. The zero-order valence-electron chi connectivity index (χ0n) is 16.7. The van der Waals surface area contributed by atoms with E-state index in [9.17, 15) is 9.59 Å². The molecule has 1 heterocycles. The topological polar surface area (TPSA) is 72.2 Å². The van der Waals surface area contributed by atoms with Gasteiger partial charge in [-0.15, -0.1) is 0 Å². The Labute approximate surface area is 174 Å². The van der Waals surface area contributed by atoms with E-state index in [-0.39, 0.29) is 11.3 Å². The van der Waals surface area contributed by atoms with Crippen LogP contribution < -0.4 is 0 Å². The lowest BCUT2D eigenvalue weighted by Gasteiger charge is -2.10. The molecular weight excluding hydrogens is 376 g/mol. The van der Waals surface area contributed by atoms with Gasteiger partial charge in [-0.3, -0.25) is 4.79 Å². The fourth-order valence-electron chi connectivity index (χ4n) is 3.60. The summed E-state index contributed by atoms with van der Waals surface area (Å²) in [5.41, 5.74) is 4.28. The van der Waals surface area contributed by atoms with Crippen molar-refractivity contribution in [1.29, 1.82) is 0 Å². The Bertz CT molecular complexity index is 1210. The lowest BCUT2D eigenvalue weighted by Crippen LogP contribution is -2.06. The van der Waals surface area contributed by atoms with Crippen LogP contribution in [0.15, 0.2) is 72.8 Å². The standard InChI is InChI=1S/C25H22N2O3/c1-2-6-23-26-21-14-13-20(24(28)18-7-4-3-5-8-18)15-22(21)27(23)16-17-9-11-19(12-10-17)25(29)30/h3-5,7-15H,2,6,16H2,1H3,(H,29,30). The maximum absolute atomic E-state index is 12.9. The third-order valence-corrected chi connectivity index (χ3v) is 5.14. The number of carboxylic acids is 1. The summed E-state index contributed by atoms with van der Waals surface area (Å²) in [7, 11) is 0. The van der Waals surface area contributed by atoms with E-state index in [1.807, 2.05) is 60.7 Å². The molecule has 4 aromatic rings. The van der Waals surface area contributed by atoms with Gasteiger partial charge in [-0.2, -0.15) is 0 Å². The van der Waals surface area contributed by atoms with E-state index in [1.165, 1.54) is 0 Å². The molecule has 1 N–H and O–H groups in total. The lowest BCUT2D eigenvalue weighted by atomic mass is 10.0. The minimum absolute atomic E-state index is 0.0203. The van der Waals surface area contributed by atoms with Crippen LogP contribution in [0.3, 0.4) is 0 Å². The van der Waals surface area contributed by atoms with Crippen LogP contribution in [0.2, 0.25) is 0 Å². The van der Waals surface area contributed by atoms with Crippen molar-refractivity contribution in [2.45, 2.75) is 26.3 Å². The van der Waals surface area contributed by atoms with Gasteiger partial charge in [0.1, 0.15) is 5.82 Å². The molecule has 0 bridgehead atoms. The highest BCUT2D eigenvalue weighted by molar-refractivity contribution is 6.10. The smallest absolute Gasteiger partial charge is 0.335 e. The van der Waals surface area contributed by atoms with Gasteiger partial charge in [0, 0.05) is 24.1 Å². The van der Waals surface area contributed by atoms with Crippen molar-refractivity contribution in [3.63, 3.8) is 0 Å². The molecule has 0 atom stereocenters. The van der Waals surface area contributed by atoms with Crippen LogP contribution in [0.1, 0.15) is 51.0 Å². The molecule has 0 aliphatic carbocycles. The van der Waals surface area contributed by atoms with E-state index in [4.69, 9.17) is 10.1 Å². The van der Waals surface area contributed by atoms with Crippen LogP contribution in [0, 0.1) is 0 Å². The number of imidazole rings is 1. The molecule has 5 nitrogen and oxygen atoms in total. The summed E-state index contributed by atoms with van der Waals surface area (Å²) in [6, 6.07) is 21.7. The van der Waals surface area contributed by atoms with E-state index in [1.54, 1.807) is 12.1 Å². The predicted octanol–water partition coefficient (Wildman–Crippen LogP) is 4.97. The molecule has 0 aliphatic rings. The predicted molar refractivity (Wildman–Crippen MR) is 116 cm³/mol. The van der Waals surface area contributed by atoms with E-state index in [0.29, 0.717) is 17.7 Å². The molecule has 0 aliphatic heterocycles. The first-order valence-electron chi connectivity index (χ1n) is 9.98. The summed E-state index contributed by atoms with van der Waals surface area (Å²) in [6.07, 6.45) is 1.78. The number of carbonyl (C=O) groups is 2. The van der Waals surface area contributed by atoms with Gasteiger partial charge < -0.3 is 9.67 Å². The number of fused-ring (bicyclic) bond motifs is 1. The summed E-state index contributed by atoms with van der Waals surface area (Å²) < 4.78 is 2.12. The Morgan fingerprint density at radius 1 is 0.900 bits per heavy atom. The number of hydrogen-bond donors (Lipinski definition) is 1. The molecule has 0 radical (unpaired) electrons. The van der Waals surface area contributed by atoms with Crippen LogP contribution in [0.5, 0.6) is 0 Å². The summed E-state index contributed by atoms with van der Waals surface area (Å²) in [5, 5.41) is 9.12. The first kappa shape index (κ1) is 19.6. The van der Waals surface area contributed by atoms with Crippen LogP contribution in [-0.4, -0.2) is 26.4 Å². The number of ketones is 1. The number of aromatic nitrogens is 2.